The monoisotopic (exact) mass is 294 g/mol. The maximum absolute atomic E-state index is 3.61. The highest BCUT2D eigenvalue weighted by Crippen LogP contribution is 2.39. The second kappa shape index (κ2) is 7.00. The first-order valence-electron chi connectivity index (χ1n) is 9.23. The van der Waals surface area contributed by atoms with Gasteiger partial charge in [-0.1, -0.05) is 27.7 Å². The molecule has 2 fully saturated rings. The lowest BCUT2D eigenvalue weighted by atomic mass is 9.73. The van der Waals surface area contributed by atoms with Crippen LogP contribution in [0, 0.1) is 17.3 Å². The number of rotatable bonds is 4. The SMILES string of the molecule is CNC1CCC(C(C)C)CC1N(C)C1CCC(C)(C)CC1. The Kier molecular flexibility index (Phi) is 5.76. The minimum atomic E-state index is 0.576. The van der Waals surface area contributed by atoms with Crippen molar-refractivity contribution in [2.24, 2.45) is 17.3 Å². The number of hydrogen-bond acceptors (Lipinski definition) is 2. The minimum Gasteiger partial charge on any atom is -0.315 e. The first-order chi connectivity index (χ1) is 9.84. The molecular weight excluding hydrogens is 256 g/mol. The molecule has 2 aliphatic rings. The van der Waals surface area contributed by atoms with Crippen LogP contribution < -0.4 is 5.32 Å². The molecule has 0 amide bonds. The first-order valence-corrected chi connectivity index (χ1v) is 9.23. The zero-order valence-electron chi connectivity index (χ0n) is 15.3. The second-order valence-electron chi connectivity index (χ2n) is 8.84. The Bertz CT molecular complexity index is 314. The first kappa shape index (κ1) is 17.3. The van der Waals surface area contributed by atoms with Crippen LogP contribution in [-0.4, -0.2) is 37.1 Å². The van der Waals surface area contributed by atoms with E-state index in [9.17, 15) is 0 Å². The van der Waals surface area contributed by atoms with Gasteiger partial charge in [0, 0.05) is 18.1 Å². The van der Waals surface area contributed by atoms with Crippen LogP contribution >= 0.6 is 0 Å². The number of nitrogens with one attached hydrogen (secondary N) is 1. The molecule has 0 spiro atoms. The van der Waals surface area contributed by atoms with E-state index in [-0.39, 0.29) is 0 Å². The summed E-state index contributed by atoms with van der Waals surface area (Å²) in [6, 6.07) is 2.24. The Morgan fingerprint density at radius 1 is 1.05 bits per heavy atom. The molecule has 1 N–H and O–H groups in total. The van der Waals surface area contributed by atoms with Crippen molar-refractivity contribution in [1.82, 2.24) is 10.2 Å². The predicted molar refractivity (Wildman–Crippen MR) is 92.6 cm³/mol. The van der Waals surface area contributed by atoms with Crippen molar-refractivity contribution >= 4 is 0 Å². The van der Waals surface area contributed by atoms with Gasteiger partial charge in [-0.05, 0) is 76.3 Å². The van der Waals surface area contributed by atoms with Crippen molar-refractivity contribution in [1.29, 1.82) is 0 Å². The fraction of sp³-hybridized carbons (Fsp3) is 1.00. The van der Waals surface area contributed by atoms with Crippen LogP contribution in [0.15, 0.2) is 0 Å². The summed E-state index contributed by atoms with van der Waals surface area (Å²) < 4.78 is 0. The average Bonchev–Trinajstić information content (AvgIpc) is 2.45. The molecule has 21 heavy (non-hydrogen) atoms. The summed E-state index contributed by atoms with van der Waals surface area (Å²) in [5, 5.41) is 3.61. The third kappa shape index (κ3) is 4.22. The van der Waals surface area contributed by atoms with E-state index in [2.05, 4.69) is 52.0 Å². The minimum absolute atomic E-state index is 0.576. The normalized spacial score (nSPS) is 34.6. The van der Waals surface area contributed by atoms with Gasteiger partial charge in [-0.15, -0.1) is 0 Å². The molecule has 0 heterocycles. The van der Waals surface area contributed by atoms with Crippen molar-refractivity contribution in [3.8, 4) is 0 Å². The summed E-state index contributed by atoms with van der Waals surface area (Å²) >= 11 is 0. The average molecular weight is 295 g/mol. The maximum Gasteiger partial charge on any atom is 0.0251 e. The van der Waals surface area contributed by atoms with Gasteiger partial charge < -0.3 is 5.32 Å². The molecular formula is C19H38N2. The van der Waals surface area contributed by atoms with E-state index in [1.54, 1.807) is 0 Å². The molecule has 2 aliphatic carbocycles. The zero-order valence-corrected chi connectivity index (χ0v) is 15.3. The lowest BCUT2D eigenvalue weighted by molar-refractivity contribution is 0.0423. The van der Waals surface area contributed by atoms with Crippen LogP contribution in [0.4, 0.5) is 0 Å². The van der Waals surface area contributed by atoms with Gasteiger partial charge in [0.15, 0.2) is 0 Å². The molecule has 0 bridgehead atoms. The largest absolute Gasteiger partial charge is 0.315 e. The van der Waals surface area contributed by atoms with Crippen molar-refractivity contribution in [2.45, 2.75) is 90.8 Å². The lowest BCUT2D eigenvalue weighted by Gasteiger charge is -2.47. The Labute approximate surface area is 133 Å². The molecule has 124 valence electrons. The summed E-state index contributed by atoms with van der Waals surface area (Å²) in [5.74, 6) is 1.76. The Balaban J connectivity index is 1.99. The molecule has 0 aliphatic heterocycles. The summed E-state index contributed by atoms with van der Waals surface area (Å²) in [5.41, 5.74) is 0.576. The van der Waals surface area contributed by atoms with Crippen LogP contribution in [0.25, 0.3) is 0 Å². The molecule has 0 radical (unpaired) electrons. The van der Waals surface area contributed by atoms with Crippen LogP contribution in [-0.2, 0) is 0 Å². The fourth-order valence-corrected chi connectivity index (χ4v) is 4.63. The van der Waals surface area contributed by atoms with Gasteiger partial charge in [-0.3, -0.25) is 4.90 Å². The number of nitrogens with zero attached hydrogens (tertiary/aromatic N) is 1. The van der Waals surface area contributed by atoms with Crippen molar-refractivity contribution in [3.63, 3.8) is 0 Å². The Hall–Kier alpha value is -0.0800. The second-order valence-corrected chi connectivity index (χ2v) is 8.84. The Morgan fingerprint density at radius 3 is 2.19 bits per heavy atom. The van der Waals surface area contributed by atoms with E-state index >= 15 is 0 Å². The smallest absolute Gasteiger partial charge is 0.0251 e. The molecule has 0 aromatic heterocycles. The third-order valence-corrected chi connectivity index (χ3v) is 6.58. The highest BCUT2D eigenvalue weighted by atomic mass is 15.2. The molecule has 2 nitrogen and oxygen atoms in total. The van der Waals surface area contributed by atoms with E-state index in [1.807, 2.05) is 0 Å². The molecule has 0 saturated heterocycles. The third-order valence-electron chi connectivity index (χ3n) is 6.58. The summed E-state index contributed by atoms with van der Waals surface area (Å²) in [7, 11) is 4.56. The number of hydrogen-bond donors (Lipinski definition) is 1. The molecule has 0 aromatic carbocycles. The van der Waals surface area contributed by atoms with E-state index in [1.165, 1.54) is 44.9 Å². The van der Waals surface area contributed by atoms with E-state index in [4.69, 9.17) is 0 Å². The van der Waals surface area contributed by atoms with E-state index in [0.29, 0.717) is 11.5 Å². The van der Waals surface area contributed by atoms with Gasteiger partial charge in [0.1, 0.15) is 0 Å². The quantitative estimate of drug-likeness (QED) is 0.831. The molecule has 2 rings (SSSR count). The maximum atomic E-state index is 3.61. The topological polar surface area (TPSA) is 15.3 Å². The van der Waals surface area contributed by atoms with Crippen LogP contribution in [0.3, 0.4) is 0 Å². The van der Waals surface area contributed by atoms with E-state index in [0.717, 1.165) is 23.9 Å². The zero-order chi connectivity index (χ0) is 15.6. The van der Waals surface area contributed by atoms with Gasteiger partial charge in [-0.2, -0.15) is 0 Å². The number of likely N-dealkylation sites (N-methyl/N-ethyl adjacent to an activating group) is 2. The standard InChI is InChI=1S/C19H38N2/c1-14(2)15-7-8-17(20-5)18(13-15)21(6)16-9-11-19(3,4)12-10-16/h14-18,20H,7-13H2,1-6H3. The summed E-state index contributed by atoms with van der Waals surface area (Å²) in [6.07, 6.45) is 9.72. The molecule has 0 aromatic rings. The highest BCUT2D eigenvalue weighted by molar-refractivity contribution is 4.94. The summed E-state index contributed by atoms with van der Waals surface area (Å²) in [4.78, 5) is 2.75. The van der Waals surface area contributed by atoms with Gasteiger partial charge in [-0.25, -0.2) is 0 Å². The van der Waals surface area contributed by atoms with Crippen molar-refractivity contribution < 1.29 is 0 Å². The fourth-order valence-electron chi connectivity index (χ4n) is 4.63. The van der Waals surface area contributed by atoms with Crippen molar-refractivity contribution in [2.75, 3.05) is 14.1 Å². The van der Waals surface area contributed by atoms with Gasteiger partial charge >= 0.3 is 0 Å². The highest BCUT2D eigenvalue weighted by Gasteiger charge is 2.37. The summed E-state index contributed by atoms with van der Waals surface area (Å²) in [6.45, 7) is 9.69. The molecule has 2 heteroatoms. The van der Waals surface area contributed by atoms with Gasteiger partial charge in [0.05, 0.1) is 0 Å². The molecule has 3 atom stereocenters. The predicted octanol–water partition coefficient (Wildman–Crippen LogP) is 4.30. The van der Waals surface area contributed by atoms with Crippen LogP contribution in [0.5, 0.6) is 0 Å². The van der Waals surface area contributed by atoms with Crippen LogP contribution in [0.2, 0.25) is 0 Å². The van der Waals surface area contributed by atoms with Gasteiger partial charge in [0.25, 0.3) is 0 Å². The van der Waals surface area contributed by atoms with Gasteiger partial charge in [0.2, 0.25) is 0 Å². The van der Waals surface area contributed by atoms with Crippen molar-refractivity contribution in [3.05, 3.63) is 0 Å². The lowest BCUT2D eigenvalue weighted by Crippen LogP contribution is -2.55. The Morgan fingerprint density at radius 2 is 1.67 bits per heavy atom. The van der Waals surface area contributed by atoms with E-state index < -0.39 is 0 Å². The van der Waals surface area contributed by atoms with Crippen LogP contribution in [0.1, 0.15) is 72.6 Å². The molecule has 3 unspecified atom stereocenters. The molecule has 2 saturated carbocycles.